The van der Waals surface area contributed by atoms with Crippen LogP contribution >= 0.6 is 0 Å². The molecule has 6 rings (SSSR count). The lowest BCUT2D eigenvalue weighted by molar-refractivity contribution is -0.288. The van der Waals surface area contributed by atoms with Gasteiger partial charge in [-0.05, 0) is 120 Å². The molecular formula is C43H24F8O8. The number of hydrogen-bond acceptors (Lipinski definition) is 8. The maximum Gasteiger partial charge on any atom is 0.411 e. The van der Waals surface area contributed by atoms with Gasteiger partial charge in [-0.15, -0.1) is 0 Å². The molecule has 0 aromatic heterocycles. The van der Waals surface area contributed by atoms with Gasteiger partial charge in [-0.1, -0.05) is 36.4 Å². The Labute approximate surface area is 328 Å². The van der Waals surface area contributed by atoms with Crippen LogP contribution in [0, 0.1) is 11.6 Å². The highest BCUT2D eigenvalue weighted by Crippen LogP contribution is 2.56. The van der Waals surface area contributed by atoms with Crippen LogP contribution in [-0.4, -0.2) is 36.2 Å². The van der Waals surface area contributed by atoms with Crippen molar-refractivity contribution in [3.63, 3.8) is 0 Å². The van der Waals surface area contributed by atoms with Crippen LogP contribution < -0.4 is 18.9 Å². The van der Waals surface area contributed by atoms with E-state index < -0.39 is 75.9 Å². The SMILES string of the molecule is O=C(Oc1ccc(F)cc1)c1cccc(C(=O)Oc2ccc(C(c3ccc(OC(=O)c4cccc(C(=O)Oc5ccc(F)cc5)c4)cc3)(C(F)(F)F)C(F)(F)F)cc2)c1. The topological polar surface area (TPSA) is 105 Å². The summed E-state index contributed by atoms with van der Waals surface area (Å²) >= 11 is 0. The number of rotatable bonds is 10. The quantitative estimate of drug-likeness (QED) is 0.0764. The number of alkyl halides is 6. The van der Waals surface area contributed by atoms with Gasteiger partial charge in [-0.3, -0.25) is 0 Å². The van der Waals surface area contributed by atoms with Crippen molar-refractivity contribution in [2.24, 2.45) is 0 Å². The van der Waals surface area contributed by atoms with E-state index in [-0.39, 0.29) is 33.8 Å². The Morgan fingerprint density at radius 3 is 0.831 bits per heavy atom. The third kappa shape index (κ3) is 9.12. The Balaban J connectivity index is 1.19. The zero-order chi connectivity index (χ0) is 42.5. The van der Waals surface area contributed by atoms with Gasteiger partial charge in [-0.2, -0.15) is 26.3 Å². The van der Waals surface area contributed by atoms with Gasteiger partial charge in [0.2, 0.25) is 5.41 Å². The fraction of sp³-hybridized carbons (Fsp3) is 0.0698. The monoisotopic (exact) mass is 820 g/mol. The molecule has 6 aromatic rings. The lowest BCUT2D eigenvalue weighted by Crippen LogP contribution is -2.54. The molecule has 0 heterocycles. The van der Waals surface area contributed by atoms with Gasteiger partial charge in [0, 0.05) is 0 Å². The Kier molecular flexibility index (Phi) is 11.6. The predicted molar refractivity (Wildman–Crippen MR) is 191 cm³/mol. The van der Waals surface area contributed by atoms with Crippen LogP contribution in [0.4, 0.5) is 35.1 Å². The highest BCUT2D eigenvalue weighted by molar-refractivity contribution is 5.97. The van der Waals surface area contributed by atoms with E-state index in [9.17, 15) is 54.3 Å². The zero-order valence-corrected chi connectivity index (χ0v) is 29.6. The van der Waals surface area contributed by atoms with E-state index in [2.05, 4.69) is 0 Å². The predicted octanol–water partition coefficient (Wildman–Crippen LogP) is 10.3. The third-order valence-corrected chi connectivity index (χ3v) is 8.56. The first-order valence-corrected chi connectivity index (χ1v) is 16.9. The first-order chi connectivity index (χ1) is 27.9. The van der Waals surface area contributed by atoms with Crippen molar-refractivity contribution >= 4 is 23.9 Å². The maximum atomic E-state index is 14.8. The standard InChI is InChI=1S/C43H24F8O8/c44-31-11-19-35(20-12-31)58-39(54)27-5-1-3-25(23-27)37(52)56-33-15-7-29(8-16-33)41(42(46,47)48,43(49,50)51)30-9-17-34(18-10-30)57-38(53)26-4-2-6-28(24-26)40(55)59-36-21-13-32(45)14-22-36/h1-24H. The van der Waals surface area contributed by atoms with Gasteiger partial charge in [0.05, 0.1) is 22.3 Å². The molecule has 0 aliphatic heterocycles. The molecule has 6 aromatic carbocycles. The van der Waals surface area contributed by atoms with E-state index in [1.165, 1.54) is 60.7 Å². The summed E-state index contributed by atoms with van der Waals surface area (Å²) < 4.78 is 136. The third-order valence-electron chi connectivity index (χ3n) is 8.56. The van der Waals surface area contributed by atoms with E-state index in [1.54, 1.807) is 0 Å². The van der Waals surface area contributed by atoms with Crippen molar-refractivity contribution < 1.29 is 73.2 Å². The number of halogens is 8. The van der Waals surface area contributed by atoms with Crippen LogP contribution in [0.5, 0.6) is 23.0 Å². The molecule has 0 radical (unpaired) electrons. The second-order valence-electron chi connectivity index (χ2n) is 12.4. The lowest BCUT2D eigenvalue weighted by Gasteiger charge is -2.38. The molecule has 0 saturated heterocycles. The second kappa shape index (κ2) is 16.6. The Morgan fingerprint density at radius 1 is 0.356 bits per heavy atom. The highest BCUT2D eigenvalue weighted by Gasteiger charge is 2.72. The minimum absolute atomic E-state index is 0.00261. The molecular weight excluding hydrogens is 796 g/mol. The maximum absolute atomic E-state index is 14.8. The number of benzene rings is 6. The Bertz CT molecular complexity index is 2320. The molecule has 0 N–H and O–H groups in total. The molecule has 0 amide bonds. The summed E-state index contributed by atoms with van der Waals surface area (Å²) in [6.45, 7) is 0. The van der Waals surface area contributed by atoms with Crippen LogP contribution in [-0.2, 0) is 5.41 Å². The smallest absolute Gasteiger partial charge is 0.411 e. The Hall–Kier alpha value is -7.36. The first-order valence-electron chi connectivity index (χ1n) is 16.9. The van der Waals surface area contributed by atoms with Crippen molar-refractivity contribution in [2.75, 3.05) is 0 Å². The molecule has 0 atom stereocenters. The number of carbonyl (C=O) groups is 4. The molecule has 0 spiro atoms. The van der Waals surface area contributed by atoms with Gasteiger partial charge in [0.15, 0.2) is 0 Å². The number of esters is 4. The van der Waals surface area contributed by atoms with E-state index in [4.69, 9.17) is 18.9 Å². The largest absolute Gasteiger partial charge is 0.423 e. The summed E-state index contributed by atoms with van der Waals surface area (Å²) in [6, 6.07) is 23.6. The number of ether oxygens (including phenoxy) is 4. The van der Waals surface area contributed by atoms with Crippen LogP contribution in [0.15, 0.2) is 146 Å². The molecule has 0 unspecified atom stereocenters. The van der Waals surface area contributed by atoms with Crippen LogP contribution in [0.2, 0.25) is 0 Å². The molecule has 0 bridgehead atoms. The van der Waals surface area contributed by atoms with Gasteiger partial charge in [0.25, 0.3) is 0 Å². The van der Waals surface area contributed by atoms with Crippen molar-refractivity contribution in [1.82, 2.24) is 0 Å². The van der Waals surface area contributed by atoms with E-state index in [0.29, 0.717) is 24.3 Å². The van der Waals surface area contributed by atoms with E-state index in [1.807, 2.05) is 0 Å². The van der Waals surface area contributed by atoms with Gasteiger partial charge >= 0.3 is 36.2 Å². The molecule has 59 heavy (non-hydrogen) atoms. The summed E-state index contributed by atoms with van der Waals surface area (Å²) in [5.74, 6) is -6.10. The van der Waals surface area contributed by atoms with E-state index >= 15 is 0 Å². The Morgan fingerprint density at radius 2 is 0.593 bits per heavy atom. The molecule has 300 valence electrons. The molecule has 0 aliphatic carbocycles. The fourth-order valence-corrected chi connectivity index (χ4v) is 5.74. The normalized spacial score (nSPS) is 11.7. The fourth-order valence-electron chi connectivity index (χ4n) is 5.74. The summed E-state index contributed by atoms with van der Waals surface area (Å²) in [5.41, 5.74) is -7.91. The summed E-state index contributed by atoms with van der Waals surface area (Å²) in [6.07, 6.45) is -12.0. The highest BCUT2D eigenvalue weighted by atomic mass is 19.4. The molecule has 8 nitrogen and oxygen atoms in total. The minimum atomic E-state index is -5.99. The van der Waals surface area contributed by atoms with Gasteiger partial charge in [0.1, 0.15) is 34.6 Å². The van der Waals surface area contributed by atoms with Crippen LogP contribution in [0.3, 0.4) is 0 Å². The van der Waals surface area contributed by atoms with Crippen molar-refractivity contribution in [2.45, 2.75) is 17.8 Å². The summed E-state index contributed by atoms with van der Waals surface area (Å²) in [4.78, 5) is 50.9. The zero-order valence-electron chi connectivity index (χ0n) is 29.6. The summed E-state index contributed by atoms with van der Waals surface area (Å²) in [7, 11) is 0. The van der Waals surface area contributed by atoms with Crippen molar-refractivity contribution in [1.29, 1.82) is 0 Å². The van der Waals surface area contributed by atoms with Crippen LogP contribution in [0.1, 0.15) is 52.6 Å². The molecule has 0 aliphatic rings. The first kappa shape index (κ1) is 41.3. The van der Waals surface area contributed by atoms with E-state index in [0.717, 1.165) is 60.7 Å². The van der Waals surface area contributed by atoms with Crippen molar-refractivity contribution in [3.8, 4) is 23.0 Å². The second-order valence-corrected chi connectivity index (χ2v) is 12.4. The molecule has 0 saturated carbocycles. The number of hydrogen-bond donors (Lipinski definition) is 0. The molecule has 16 heteroatoms. The average Bonchev–Trinajstić information content (AvgIpc) is 3.20. The number of carbonyl (C=O) groups excluding carboxylic acids is 4. The molecule has 0 fully saturated rings. The van der Waals surface area contributed by atoms with Crippen LogP contribution in [0.25, 0.3) is 0 Å². The average molecular weight is 821 g/mol. The lowest BCUT2D eigenvalue weighted by atomic mass is 9.73. The summed E-state index contributed by atoms with van der Waals surface area (Å²) in [5, 5.41) is 0. The van der Waals surface area contributed by atoms with Gasteiger partial charge < -0.3 is 18.9 Å². The van der Waals surface area contributed by atoms with Crippen molar-refractivity contribution in [3.05, 3.63) is 191 Å². The minimum Gasteiger partial charge on any atom is -0.423 e. The van der Waals surface area contributed by atoms with Gasteiger partial charge in [-0.25, -0.2) is 28.0 Å².